The largest absolute Gasteiger partial charge is 0.480 e. The van der Waals surface area contributed by atoms with Crippen molar-refractivity contribution in [2.24, 2.45) is 11.5 Å². The van der Waals surface area contributed by atoms with Crippen molar-refractivity contribution in [2.75, 3.05) is 102 Å². The molecular formula is C50H67N27O15. The van der Waals surface area contributed by atoms with Crippen LogP contribution in [0.3, 0.4) is 0 Å². The van der Waals surface area contributed by atoms with E-state index in [9.17, 15) is 72.2 Å². The summed E-state index contributed by atoms with van der Waals surface area (Å²) in [5, 5.41) is 19.8. The number of nitrogen functional groups attached to an aromatic ring is 3. The first kappa shape index (κ1) is 67.8. The summed E-state index contributed by atoms with van der Waals surface area (Å²) < 4.78 is 4.50. The standard InChI is InChI=1S/C50H67N27O15/c1-26-14-74(50(92)69-42(26)86)19-32(82)73(18-31(81)62-27(46(90)91)4-2-3-5-51)13-9-58-30(80)17-72(35(85)22-77-25-61-38-41(77)65-49(55)68-45(38)89)12-8-57-29(79)16-71(34(84)21-76-24-60-37-40(76)64-48(54)67-44(37)88)11-7-56-28(78)15-70(10-6-52)33(83)20-75-23-59-36-39(75)63-47(53)66-43(36)87/h14,23-25,27H,2-13,15-22,51-52H2,1H3,(H,56,78)(H,57,79)(H,58,80)(H,62,81)(H,90,91)(H,69,86,92)(H3,53,63,66,87)(H3,54,64,67,88)(H3,55,65,68,89)/t27-/m0/s1. The lowest BCUT2D eigenvalue weighted by Crippen LogP contribution is -2.50. The van der Waals surface area contributed by atoms with Gasteiger partial charge in [-0.2, -0.15) is 15.0 Å². The number of rotatable bonds is 33. The number of hydrogen-bond acceptors (Lipinski definition) is 25. The van der Waals surface area contributed by atoms with E-state index in [4.69, 9.17) is 28.7 Å². The minimum Gasteiger partial charge on any atom is -0.480 e. The lowest BCUT2D eigenvalue weighted by atomic mass is 10.1. The molecule has 7 rings (SSSR count). The molecule has 19 N–H and O–H groups in total. The van der Waals surface area contributed by atoms with Crippen molar-refractivity contribution in [3.05, 3.63) is 82.6 Å². The van der Waals surface area contributed by atoms with Gasteiger partial charge in [0.25, 0.3) is 22.2 Å². The summed E-state index contributed by atoms with van der Waals surface area (Å²) in [4.78, 5) is 221. The molecule has 7 aromatic rings. The summed E-state index contributed by atoms with van der Waals surface area (Å²) >= 11 is 0. The molecule has 0 spiro atoms. The fourth-order valence-corrected chi connectivity index (χ4v) is 9.14. The van der Waals surface area contributed by atoms with Gasteiger partial charge < -0.3 is 88.3 Å². The predicted molar refractivity (Wildman–Crippen MR) is 321 cm³/mol. The van der Waals surface area contributed by atoms with Crippen molar-refractivity contribution < 1.29 is 48.3 Å². The van der Waals surface area contributed by atoms with Crippen LogP contribution in [0, 0.1) is 6.92 Å². The van der Waals surface area contributed by atoms with Gasteiger partial charge in [0, 0.05) is 64.1 Å². The molecular weight excluding hydrogens is 1220 g/mol. The van der Waals surface area contributed by atoms with E-state index in [0.29, 0.717) is 12.8 Å². The number of nitrogens with two attached hydrogens (primary N) is 5. The van der Waals surface area contributed by atoms with E-state index in [1.807, 2.05) is 0 Å². The number of carboxylic acid groups (broad SMARTS) is 1. The van der Waals surface area contributed by atoms with Crippen molar-refractivity contribution in [2.45, 2.75) is 58.4 Å². The average Bonchev–Trinajstić information content (AvgIpc) is 1.72. The molecule has 1 atom stereocenters. The number of H-pyrrole nitrogens is 4. The minimum absolute atomic E-state index is 0.01000. The number of carbonyl (C=O) groups excluding carboxylic acids is 8. The monoisotopic (exact) mass is 1290 g/mol. The summed E-state index contributed by atoms with van der Waals surface area (Å²) in [6.45, 7) is -5.83. The predicted octanol–water partition coefficient (Wildman–Crippen LogP) is -9.69. The summed E-state index contributed by atoms with van der Waals surface area (Å²) in [5.74, 6) is -8.57. The number of aryl methyl sites for hydroxylation is 1. The van der Waals surface area contributed by atoms with E-state index in [-0.39, 0.29) is 96.0 Å². The SMILES string of the molecule is Cc1cn(CC(=O)N(CCNC(=O)CN(CCNC(=O)CN(CCNC(=O)CN(CCN)C(=O)Cn2cnc3c(=O)[nH]c(N)nc32)C(=O)Cn2cnc3c(=O)[nH]c(N)nc32)C(=O)Cn2cnc3c(=O)[nH]c(N)nc32)CC(=O)N[C@@H](CCCCN)C(=O)O)c(=O)[nH]c1=O. The van der Waals surface area contributed by atoms with Crippen molar-refractivity contribution in [3.8, 4) is 0 Å². The van der Waals surface area contributed by atoms with E-state index in [2.05, 4.69) is 71.1 Å². The molecule has 42 nitrogen and oxygen atoms in total. The van der Waals surface area contributed by atoms with Crippen molar-refractivity contribution in [3.63, 3.8) is 0 Å². The van der Waals surface area contributed by atoms with E-state index in [0.717, 1.165) is 43.0 Å². The Morgan fingerprint density at radius 1 is 0.500 bits per heavy atom. The summed E-state index contributed by atoms with van der Waals surface area (Å²) in [7, 11) is 0. The molecule has 0 bridgehead atoms. The van der Waals surface area contributed by atoms with E-state index >= 15 is 0 Å². The molecule has 7 heterocycles. The second kappa shape index (κ2) is 31.0. The summed E-state index contributed by atoms with van der Waals surface area (Å²) in [6, 6.07) is -1.36. The molecule has 492 valence electrons. The number of nitrogens with one attached hydrogen (secondary N) is 8. The van der Waals surface area contributed by atoms with Gasteiger partial charge in [0.15, 0.2) is 33.5 Å². The normalized spacial score (nSPS) is 11.5. The first-order valence-corrected chi connectivity index (χ1v) is 28.1. The number of aromatic amines is 4. The molecule has 92 heavy (non-hydrogen) atoms. The van der Waals surface area contributed by atoms with Crippen LogP contribution in [0.4, 0.5) is 17.8 Å². The maximum absolute atomic E-state index is 14.2. The highest BCUT2D eigenvalue weighted by molar-refractivity contribution is 5.90. The van der Waals surface area contributed by atoms with Crippen LogP contribution in [0.1, 0.15) is 24.8 Å². The first-order valence-electron chi connectivity index (χ1n) is 28.1. The fraction of sp³-hybridized carbons (Fsp3) is 0.440. The molecule has 7 aromatic heterocycles. The second-order valence-corrected chi connectivity index (χ2v) is 20.5. The van der Waals surface area contributed by atoms with Crippen molar-refractivity contribution in [1.82, 2.24) is 109 Å². The zero-order valence-electron chi connectivity index (χ0n) is 49.3. The molecule has 42 heteroatoms. The average molecular weight is 1290 g/mol. The number of carboxylic acids is 1. The number of amides is 8. The van der Waals surface area contributed by atoms with Gasteiger partial charge in [-0.25, -0.2) is 24.5 Å². The number of fused-ring (bicyclic) bond motifs is 3. The number of carbonyl (C=O) groups is 9. The Bertz CT molecular complexity index is 4230. The zero-order valence-corrected chi connectivity index (χ0v) is 49.3. The Morgan fingerprint density at radius 3 is 1.22 bits per heavy atom. The molecule has 0 aliphatic rings. The quantitative estimate of drug-likeness (QED) is 0.0170. The zero-order chi connectivity index (χ0) is 66.9. The number of aromatic nitrogens is 14. The Kier molecular flexibility index (Phi) is 22.8. The van der Waals surface area contributed by atoms with Crippen LogP contribution in [0.5, 0.6) is 0 Å². The van der Waals surface area contributed by atoms with Crippen LogP contribution in [0.25, 0.3) is 33.5 Å². The van der Waals surface area contributed by atoms with Crippen LogP contribution in [0.2, 0.25) is 0 Å². The van der Waals surface area contributed by atoms with Crippen molar-refractivity contribution >= 4 is 105 Å². The van der Waals surface area contributed by atoms with Crippen LogP contribution < -0.4 is 77.9 Å². The maximum atomic E-state index is 14.2. The third kappa shape index (κ3) is 18.0. The van der Waals surface area contributed by atoms with Gasteiger partial charge in [-0.3, -0.25) is 82.0 Å². The smallest absolute Gasteiger partial charge is 0.328 e. The van der Waals surface area contributed by atoms with Gasteiger partial charge in [-0.15, -0.1) is 0 Å². The highest BCUT2D eigenvalue weighted by atomic mass is 16.4. The third-order valence-corrected chi connectivity index (χ3v) is 13.7. The summed E-state index contributed by atoms with van der Waals surface area (Å²) in [6.07, 6.45) is 5.40. The van der Waals surface area contributed by atoms with Crippen LogP contribution in [0.15, 0.2) is 49.2 Å². The molecule has 0 saturated carbocycles. The topological polar surface area (TPSA) is 611 Å². The van der Waals surface area contributed by atoms with Crippen LogP contribution >= 0.6 is 0 Å². The molecule has 0 aliphatic heterocycles. The van der Waals surface area contributed by atoms with E-state index in [1.165, 1.54) is 27.0 Å². The van der Waals surface area contributed by atoms with Gasteiger partial charge in [-0.05, 0) is 32.7 Å². The molecule has 0 fully saturated rings. The Balaban J connectivity index is 1.04. The minimum atomic E-state index is -1.36. The highest BCUT2D eigenvalue weighted by Crippen LogP contribution is 2.11. The Morgan fingerprint density at radius 2 is 0.859 bits per heavy atom. The molecule has 0 aromatic carbocycles. The fourth-order valence-electron chi connectivity index (χ4n) is 9.14. The Labute approximate surface area is 515 Å². The molecule has 8 amide bonds. The number of nitrogens with zero attached hydrogens (tertiary/aromatic N) is 14. The maximum Gasteiger partial charge on any atom is 0.328 e. The van der Waals surface area contributed by atoms with Gasteiger partial charge >= 0.3 is 11.7 Å². The Hall–Kier alpha value is -11.7. The highest BCUT2D eigenvalue weighted by Gasteiger charge is 2.27. The third-order valence-electron chi connectivity index (χ3n) is 13.7. The van der Waals surface area contributed by atoms with Crippen LogP contribution in [-0.2, 0) is 69.3 Å². The lowest BCUT2D eigenvalue weighted by molar-refractivity contribution is -0.143. The number of imidazole rings is 3. The van der Waals surface area contributed by atoms with Gasteiger partial charge in [0.1, 0.15) is 32.2 Å². The summed E-state index contributed by atoms with van der Waals surface area (Å²) in [5.41, 5.74) is 24.3. The number of hydrogen-bond donors (Lipinski definition) is 14. The molecule has 0 unspecified atom stereocenters. The van der Waals surface area contributed by atoms with Gasteiger partial charge in [-0.1, -0.05) is 0 Å². The van der Waals surface area contributed by atoms with E-state index in [1.54, 1.807) is 0 Å². The number of unbranched alkanes of at least 4 members (excludes halogenated alkanes) is 1. The molecule has 0 saturated heterocycles. The molecule has 0 aliphatic carbocycles. The van der Waals surface area contributed by atoms with Gasteiger partial charge in [0.2, 0.25) is 65.1 Å². The van der Waals surface area contributed by atoms with Gasteiger partial charge in [0.05, 0.1) is 45.2 Å². The van der Waals surface area contributed by atoms with Crippen molar-refractivity contribution in [1.29, 1.82) is 0 Å². The number of aliphatic carboxylic acids is 1. The second-order valence-electron chi connectivity index (χ2n) is 20.5. The number of anilines is 3. The lowest BCUT2D eigenvalue weighted by Gasteiger charge is -2.26. The molecule has 0 radical (unpaired) electrons. The first-order chi connectivity index (χ1) is 43.8. The van der Waals surface area contributed by atoms with Crippen LogP contribution in [-0.4, -0.2) is 237 Å². The van der Waals surface area contributed by atoms with E-state index < -0.39 is 166 Å².